The molecule has 8 heteroatoms. The number of halogens is 4. The van der Waals surface area contributed by atoms with E-state index in [0.29, 0.717) is 12.1 Å². The molecule has 1 rings (SSSR count). The number of hydrogen-bond acceptors (Lipinski definition) is 3. The van der Waals surface area contributed by atoms with Gasteiger partial charge < -0.3 is 5.11 Å². The van der Waals surface area contributed by atoms with Gasteiger partial charge >= 0.3 is 5.51 Å². The van der Waals surface area contributed by atoms with Gasteiger partial charge in [-0.15, -0.1) is 0 Å². The first-order chi connectivity index (χ1) is 6.66. The molecule has 0 heterocycles. The lowest BCUT2D eigenvalue weighted by molar-refractivity contribution is -0.0436. The second kappa shape index (κ2) is 3.57. The lowest BCUT2D eigenvalue weighted by atomic mass is 10.3. The normalized spacial score (nSPS) is 12.8. The Morgan fingerprint density at radius 2 is 1.80 bits per heavy atom. The first kappa shape index (κ1) is 12.1. The SMILES string of the molecule is O=S(=O)(c1ccc(O)c(Cl)c1)C(F)(F)F. The Morgan fingerprint density at radius 1 is 1.27 bits per heavy atom. The number of hydrogen-bond donors (Lipinski definition) is 1. The molecule has 0 saturated carbocycles. The van der Waals surface area contributed by atoms with Crippen LogP contribution in [0.5, 0.6) is 5.75 Å². The number of phenols is 1. The van der Waals surface area contributed by atoms with Crippen molar-refractivity contribution in [2.45, 2.75) is 10.4 Å². The molecule has 0 atom stereocenters. The van der Waals surface area contributed by atoms with Gasteiger partial charge in [0.05, 0.1) is 9.92 Å². The first-order valence-corrected chi connectivity index (χ1v) is 5.32. The van der Waals surface area contributed by atoms with Crippen molar-refractivity contribution in [1.29, 1.82) is 0 Å². The second-order valence-corrected chi connectivity index (χ2v) is 4.91. The van der Waals surface area contributed by atoms with Gasteiger partial charge in [-0.05, 0) is 18.2 Å². The minimum absolute atomic E-state index is 0.458. The van der Waals surface area contributed by atoms with E-state index in [0.717, 1.165) is 6.07 Å². The zero-order valence-electron chi connectivity index (χ0n) is 6.92. The topological polar surface area (TPSA) is 54.4 Å². The Balaban J connectivity index is 3.36. The van der Waals surface area contributed by atoms with Crippen LogP contribution >= 0.6 is 11.6 Å². The van der Waals surface area contributed by atoms with E-state index in [2.05, 4.69) is 0 Å². The Labute approximate surface area is 88.0 Å². The smallest absolute Gasteiger partial charge is 0.501 e. The highest BCUT2D eigenvalue weighted by atomic mass is 35.5. The van der Waals surface area contributed by atoms with Gasteiger partial charge in [0.25, 0.3) is 9.84 Å². The molecule has 0 amide bonds. The largest absolute Gasteiger partial charge is 0.506 e. The summed E-state index contributed by atoms with van der Waals surface area (Å²) in [5.41, 5.74) is -5.38. The monoisotopic (exact) mass is 260 g/mol. The number of sulfone groups is 1. The molecule has 0 aliphatic rings. The molecule has 0 radical (unpaired) electrons. The maximum absolute atomic E-state index is 12.1. The summed E-state index contributed by atoms with van der Waals surface area (Å²) in [7, 11) is -5.41. The van der Waals surface area contributed by atoms with Crippen molar-refractivity contribution in [2.75, 3.05) is 0 Å². The van der Waals surface area contributed by atoms with Crippen LogP contribution in [0, 0.1) is 0 Å². The van der Waals surface area contributed by atoms with Crippen LogP contribution < -0.4 is 0 Å². The van der Waals surface area contributed by atoms with Gasteiger partial charge in [-0.1, -0.05) is 11.6 Å². The Bertz CT molecular complexity index is 481. The van der Waals surface area contributed by atoms with Crippen molar-refractivity contribution < 1.29 is 26.7 Å². The van der Waals surface area contributed by atoms with E-state index < -0.39 is 31.0 Å². The van der Waals surface area contributed by atoms with Gasteiger partial charge in [0, 0.05) is 0 Å². The summed E-state index contributed by atoms with van der Waals surface area (Å²) in [4.78, 5) is -1.00. The molecule has 0 aliphatic heterocycles. The molecule has 0 aromatic heterocycles. The summed E-state index contributed by atoms with van der Waals surface area (Å²) in [5.74, 6) is -0.488. The molecular weight excluding hydrogens is 257 g/mol. The molecule has 0 aliphatic carbocycles. The maximum Gasteiger partial charge on any atom is 0.501 e. The molecular formula is C7H4ClF3O3S. The van der Waals surface area contributed by atoms with Gasteiger partial charge in [-0.25, -0.2) is 8.42 Å². The summed E-state index contributed by atoms with van der Waals surface area (Å²) < 4.78 is 57.9. The fourth-order valence-corrected chi connectivity index (χ4v) is 1.82. The van der Waals surface area contributed by atoms with Crippen molar-refractivity contribution in [1.82, 2.24) is 0 Å². The van der Waals surface area contributed by atoms with Crippen molar-refractivity contribution in [2.24, 2.45) is 0 Å². The highest BCUT2D eigenvalue weighted by Crippen LogP contribution is 2.33. The second-order valence-electron chi connectivity index (χ2n) is 2.56. The summed E-state index contributed by atoms with van der Waals surface area (Å²) in [6.45, 7) is 0. The minimum atomic E-state index is -5.41. The summed E-state index contributed by atoms with van der Waals surface area (Å²) in [5, 5.41) is 8.45. The third-order valence-corrected chi connectivity index (χ3v) is 3.32. The molecule has 1 N–H and O–H groups in total. The van der Waals surface area contributed by atoms with Gasteiger partial charge in [0.15, 0.2) is 0 Å². The number of rotatable bonds is 1. The van der Waals surface area contributed by atoms with Gasteiger partial charge in [-0.3, -0.25) is 0 Å². The summed E-state index contributed by atoms with van der Waals surface area (Å²) >= 11 is 5.29. The van der Waals surface area contributed by atoms with E-state index >= 15 is 0 Å². The standard InChI is InChI=1S/C7H4ClF3O3S/c8-5-3-4(1-2-6(5)12)15(13,14)7(9,10)11/h1-3,12H. The van der Waals surface area contributed by atoms with E-state index in [1.165, 1.54) is 0 Å². The quantitative estimate of drug-likeness (QED) is 0.843. The van der Waals surface area contributed by atoms with Crippen molar-refractivity contribution in [3.05, 3.63) is 23.2 Å². The predicted octanol–water partition coefficient (Wildman–Crippen LogP) is 2.34. The average Bonchev–Trinajstić information content (AvgIpc) is 2.07. The number of phenolic OH excluding ortho intramolecular Hbond substituents is 1. The van der Waals surface area contributed by atoms with Crippen molar-refractivity contribution in [3.63, 3.8) is 0 Å². The van der Waals surface area contributed by atoms with Crippen molar-refractivity contribution in [3.8, 4) is 5.75 Å². The lowest BCUT2D eigenvalue weighted by Gasteiger charge is -2.08. The van der Waals surface area contributed by atoms with Crippen LogP contribution in [0.1, 0.15) is 0 Å². The van der Waals surface area contributed by atoms with Gasteiger partial charge in [-0.2, -0.15) is 13.2 Å². The molecule has 1 aromatic rings. The molecule has 0 saturated heterocycles. The van der Waals surface area contributed by atoms with Crippen LogP contribution in [0.4, 0.5) is 13.2 Å². The third kappa shape index (κ3) is 2.18. The zero-order valence-corrected chi connectivity index (χ0v) is 8.49. The van der Waals surface area contributed by atoms with Crippen molar-refractivity contribution >= 4 is 21.4 Å². The van der Waals surface area contributed by atoms with Crippen LogP contribution in [0.15, 0.2) is 23.1 Å². The molecule has 0 bridgehead atoms. The molecule has 0 fully saturated rings. The van der Waals surface area contributed by atoms with Crippen LogP contribution in [0.2, 0.25) is 5.02 Å². The minimum Gasteiger partial charge on any atom is -0.506 e. The predicted molar refractivity (Wildman–Crippen MR) is 46.4 cm³/mol. The Hall–Kier alpha value is -0.950. The van der Waals surface area contributed by atoms with Gasteiger partial charge in [0.1, 0.15) is 5.75 Å². The lowest BCUT2D eigenvalue weighted by Crippen LogP contribution is -2.23. The highest BCUT2D eigenvalue weighted by molar-refractivity contribution is 7.92. The fraction of sp³-hybridized carbons (Fsp3) is 0.143. The number of alkyl halides is 3. The maximum atomic E-state index is 12.1. The Kier molecular flexibility index (Phi) is 2.88. The number of benzene rings is 1. The van der Waals surface area contributed by atoms with E-state index in [1.807, 2.05) is 0 Å². The molecule has 0 unspecified atom stereocenters. The van der Waals surface area contributed by atoms with Crippen LogP contribution in [0.25, 0.3) is 0 Å². The molecule has 15 heavy (non-hydrogen) atoms. The van der Waals surface area contributed by atoms with Crippen LogP contribution in [0.3, 0.4) is 0 Å². The number of aromatic hydroxyl groups is 1. The molecule has 1 aromatic carbocycles. The van der Waals surface area contributed by atoms with E-state index in [9.17, 15) is 21.6 Å². The average molecular weight is 261 g/mol. The highest BCUT2D eigenvalue weighted by Gasteiger charge is 2.46. The van der Waals surface area contributed by atoms with Gasteiger partial charge in [0.2, 0.25) is 0 Å². The first-order valence-electron chi connectivity index (χ1n) is 3.46. The Morgan fingerprint density at radius 3 is 2.20 bits per heavy atom. The van der Waals surface area contributed by atoms with E-state index in [-0.39, 0.29) is 0 Å². The fourth-order valence-electron chi connectivity index (χ4n) is 0.788. The zero-order chi connectivity index (χ0) is 11.9. The molecule has 3 nitrogen and oxygen atoms in total. The van der Waals surface area contributed by atoms with Crippen LogP contribution in [-0.2, 0) is 9.84 Å². The summed E-state index contributed by atoms with van der Waals surface area (Å²) in [6.07, 6.45) is 0. The molecule has 84 valence electrons. The van der Waals surface area contributed by atoms with E-state index in [1.54, 1.807) is 0 Å². The van der Waals surface area contributed by atoms with Crippen LogP contribution in [-0.4, -0.2) is 19.0 Å². The third-order valence-electron chi connectivity index (χ3n) is 1.53. The molecule has 0 spiro atoms. The van der Waals surface area contributed by atoms with E-state index in [4.69, 9.17) is 16.7 Å². The summed E-state index contributed by atoms with van der Waals surface area (Å²) in [6, 6.07) is 1.95.